The number of aliphatic hydroxyl groups excluding tert-OH is 1. The average molecular weight is 235 g/mol. The van der Waals surface area contributed by atoms with Crippen LogP contribution in [0.15, 0.2) is 0 Å². The van der Waals surface area contributed by atoms with Crippen molar-refractivity contribution in [2.45, 2.75) is 29.0 Å². The molecule has 0 heterocycles. The molecular weight excluding hydrogens is 228 g/mol. The van der Waals surface area contributed by atoms with E-state index in [2.05, 4.69) is 0 Å². The lowest BCUT2D eigenvalue weighted by Crippen LogP contribution is -2.54. The first-order valence-corrected chi connectivity index (χ1v) is 4.69. The summed E-state index contributed by atoms with van der Waals surface area (Å²) >= 11 is 10.7. The minimum atomic E-state index is -3.68. The van der Waals surface area contributed by atoms with Crippen molar-refractivity contribution < 1.29 is 18.3 Å². The maximum absolute atomic E-state index is 13.3. The molecule has 0 aromatic heterocycles. The predicted octanol–water partition coefficient (Wildman–Crippen LogP) is 2.14. The van der Waals surface area contributed by atoms with Crippen molar-refractivity contribution in [3.05, 3.63) is 0 Å². The second-order valence-corrected chi connectivity index (χ2v) is 4.68. The molecule has 1 nitrogen and oxygen atoms in total. The van der Waals surface area contributed by atoms with E-state index in [-0.39, 0.29) is 6.42 Å². The number of halogens is 5. The van der Waals surface area contributed by atoms with E-state index in [1.807, 2.05) is 0 Å². The van der Waals surface area contributed by atoms with Crippen LogP contribution in [0.25, 0.3) is 0 Å². The van der Waals surface area contributed by atoms with Gasteiger partial charge < -0.3 is 5.11 Å². The summed E-state index contributed by atoms with van der Waals surface area (Å²) in [6.45, 7) is 0. The van der Waals surface area contributed by atoms with Crippen LogP contribution < -0.4 is 0 Å². The normalized spacial score (nSPS) is 58.6. The smallest absolute Gasteiger partial charge is 0.300 e. The number of aliphatic hydroxyl groups is 1. The van der Waals surface area contributed by atoms with Gasteiger partial charge in [-0.05, 0) is 6.42 Å². The Morgan fingerprint density at radius 1 is 1.23 bits per heavy atom. The van der Waals surface area contributed by atoms with Crippen LogP contribution in [0.5, 0.6) is 0 Å². The highest BCUT2D eigenvalue weighted by Gasteiger charge is 2.76. The molecule has 2 rings (SSSR count). The van der Waals surface area contributed by atoms with Crippen molar-refractivity contribution >= 4 is 23.2 Å². The summed E-state index contributed by atoms with van der Waals surface area (Å²) < 4.78 is 39.6. The summed E-state index contributed by atoms with van der Waals surface area (Å²) in [6, 6.07) is 0. The molecule has 0 amide bonds. The third-order valence-electron chi connectivity index (χ3n) is 3.01. The van der Waals surface area contributed by atoms with Gasteiger partial charge in [0.15, 0.2) is 0 Å². The van der Waals surface area contributed by atoms with E-state index in [1.165, 1.54) is 0 Å². The first kappa shape index (κ1) is 9.87. The molecule has 13 heavy (non-hydrogen) atoms. The number of fused-ring (bicyclic) bond motifs is 2. The fraction of sp³-hybridized carbons (Fsp3) is 1.00. The Kier molecular flexibility index (Phi) is 1.87. The molecule has 0 spiro atoms. The molecule has 0 radical (unpaired) electrons. The van der Waals surface area contributed by atoms with Crippen molar-refractivity contribution in [1.82, 2.24) is 0 Å². The quantitative estimate of drug-likeness (QED) is 0.637. The van der Waals surface area contributed by atoms with Gasteiger partial charge in [-0.3, -0.25) is 0 Å². The van der Waals surface area contributed by atoms with Gasteiger partial charge in [-0.1, -0.05) is 11.6 Å². The molecule has 0 saturated heterocycles. The molecule has 2 aliphatic rings. The van der Waals surface area contributed by atoms with Gasteiger partial charge in [0, 0.05) is 5.92 Å². The Balaban J connectivity index is 2.40. The van der Waals surface area contributed by atoms with Gasteiger partial charge in [-0.25, -0.2) is 13.2 Å². The Bertz CT molecular complexity index is 222. The minimum Gasteiger partial charge on any atom is -0.391 e. The topological polar surface area (TPSA) is 20.2 Å². The summed E-state index contributed by atoms with van der Waals surface area (Å²) in [4.78, 5) is 0. The van der Waals surface area contributed by atoms with Crippen molar-refractivity contribution in [3.63, 3.8) is 0 Å². The van der Waals surface area contributed by atoms with Crippen LogP contribution in [0.2, 0.25) is 0 Å². The van der Waals surface area contributed by atoms with Gasteiger partial charge in [-0.15, -0.1) is 11.6 Å². The van der Waals surface area contributed by atoms with Crippen molar-refractivity contribution in [3.8, 4) is 0 Å². The van der Waals surface area contributed by atoms with Crippen LogP contribution in [0.3, 0.4) is 0 Å². The fourth-order valence-electron chi connectivity index (χ4n) is 2.21. The predicted molar refractivity (Wildman–Crippen MR) is 41.9 cm³/mol. The average Bonchev–Trinajstić information content (AvgIpc) is 2.36. The second kappa shape index (κ2) is 2.47. The summed E-state index contributed by atoms with van der Waals surface area (Å²) in [5, 5.41) is 5.12. The third-order valence-corrected chi connectivity index (χ3v) is 4.10. The van der Waals surface area contributed by atoms with E-state index in [4.69, 9.17) is 23.2 Å². The van der Waals surface area contributed by atoms with E-state index < -0.39 is 34.4 Å². The van der Waals surface area contributed by atoms with E-state index in [0.29, 0.717) is 0 Å². The second-order valence-electron chi connectivity index (χ2n) is 3.63. The summed E-state index contributed by atoms with van der Waals surface area (Å²) in [6.07, 6.45) is -1.51. The van der Waals surface area contributed by atoms with Crippen LogP contribution in [-0.4, -0.2) is 27.6 Å². The van der Waals surface area contributed by atoms with Crippen LogP contribution in [0, 0.1) is 11.8 Å². The molecular formula is C7H7Cl2F3O. The van der Waals surface area contributed by atoms with E-state index >= 15 is 0 Å². The zero-order valence-corrected chi connectivity index (χ0v) is 7.87. The maximum atomic E-state index is 13.3. The van der Waals surface area contributed by atoms with E-state index in [1.54, 1.807) is 0 Å². The lowest BCUT2D eigenvalue weighted by atomic mass is 9.91. The van der Waals surface area contributed by atoms with Crippen LogP contribution in [-0.2, 0) is 0 Å². The SMILES string of the molecule is OC1C(Cl)C2CC1C(F)(F)C2(F)Cl. The highest BCUT2D eigenvalue weighted by Crippen LogP contribution is 2.64. The molecule has 1 N–H and O–H groups in total. The highest BCUT2D eigenvalue weighted by atomic mass is 35.5. The summed E-state index contributed by atoms with van der Waals surface area (Å²) in [7, 11) is 0. The van der Waals surface area contributed by atoms with Crippen LogP contribution in [0.4, 0.5) is 13.2 Å². The zero-order chi connectivity index (χ0) is 10.0. The van der Waals surface area contributed by atoms with Gasteiger partial charge in [-0.2, -0.15) is 0 Å². The molecule has 2 fully saturated rings. The summed E-state index contributed by atoms with van der Waals surface area (Å²) in [5.74, 6) is -6.28. The lowest BCUT2D eigenvalue weighted by molar-refractivity contribution is -0.158. The largest absolute Gasteiger partial charge is 0.391 e. The Hall–Kier alpha value is 0.330. The first-order valence-electron chi connectivity index (χ1n) is 3.88. The van der Waals surface area contributed by atoms with Crippen LogP contribution >= 0.6 is 23.2 Å². The third kappa shape index (κ3) is 0.944. The first-order chi connectivity index (χ1) is 5.80. The van der Waals surface area contributed by atoms with Gasteiger partial charge in [0.2, 0.25) is 0 Å². The standard InChI is InChI=1S/C7H7Cl2F3O/c8-4-2-1-3(5(4)13)7(11,12)6(2,9)10/h2-5,13H,1H2. The molecule has 76 valence electrons. The number of alkyl halides is 5. The number of hydrogen-bond donors (Lipinski definition) is 1. The number of hydrogen-bond acceptors (Lipinski definition) is 1. The fourth-order valence-corrected chi connectivity index (χ4v) is 3.09. The molecule has 5 atom stereocenters. The monoisotopic (exact) mass is 234 g/mol. The summed E-state index contributed by atoms with van der Waals surface area (Å²) in [5.41, 5.74) is 0. The molecule has 2 saturated carbocycles. The van der Waals surface area contributed by atoms with Gasteiger partial charge in [0.25, 0.3) is 5.13 Å². The van der Waals surface area contributed by atoms with Crippen molar-refractivity contribution in [2.24, 2.45) is 11.8 Å². The zero-order valence-electron chi connectivity index (χ0n) is 6.35. The van der Waals surface area contributed by atoms with E-state index in [0.717, 1.165) is 0 Å². The van der Waals surface area contributed by atoms with E-state index in [9.17, 15) is 18.3 Å². The molecule has 0 aromatic carbocycles. The Labute approximate surface area is 82.8 Å². The van der Waals surface area contributed by atoms with Gasteiger partial charge in [0.05, 0.1) is 17.4 Å². The molecule has 6 heteroatoms. The molecule has 0 aromatic rings. The minimum absolute atomic E-state index is 0.150. The highest BCUT2D eigenvalue weighted by molar-refractivity contribution is 6.27. The molecule has 5 unspecified atom stereocenters. The van der Waals surface area contributed by atoms with Crippen LogP contribution in [0.1, 0.15) is 6.42 Å². The molecule has 2 bridgehead atoms. The lowest BCUT2D eigenvalue weighted by Gasteiger charge is -2.36. The van der Waals surface area contributed by atoms with Crippen molar-refractivity contribution in [1.29, 1.82) is 0 Å². The number of rotatable bonds is 0. The Morgan fingerprint density at radius 2 is 1.77 bits per heavy atom. The molecule has 2 aliphatic carbocycles. The Morgan fingerprint density at radius 3 is 2.15 bits per heavy atom. The van der Waals surface area contributed by atoms with Gasteiger partial charge >= 0.3 is 5.92 Å². The van der Waals surface area contributed by atoms with Crippen molar-refractivity contribution in [2.75, 3.05) is 0 Å². The molecule has 0 aliphatic heterocycles. The van der Waals surface area contributed by atoms with Gasteiger partial charge in [0.1, 0.15) is 0 Å². The maximum Gasteiger partial charge on any atom is 0.300 e.